The van der Waals surface area contributed by atoms with Gasteiger partial charge in [0.1, 0.15) is 0 Å². The normalized spacial score (nSPS) is 8.78. The number of rotatable bonds is 2. The summed E-state index contributed by atoms with van der Waals surface area (Å²) in [6.45, 7) is 0. The van der Waals surface area contributed by atoms with Gasteiger partial charge in [0, 0.05) is 12.8 Å². The summed E-state index contributed by atoms with van der Waals surface area (Å²) in [6, 6.07) is 2.04. The average Bonchev–Trinajstić information content (AvgIpc) is 2.34. The summed E-state index contributed by atoms with van der Waals surface area (Å²) in [4.78, 5) is 0. The summed E-state index contributed by atoms with van der Waals surface area (Å²) in [5.41, 5.74) is 0.918. The van der Waals surface area contributed by atoms with E-state index in [0.717, 1.165) is 12.1 Å². The lowest BCUT2D eigenvalue weighted by molar-refractivity contribution is 0.976. The molecule has 1 rings (SSSR count). The Balaban J connectivity index is 2.41. The summed E-state index contributed by atoms with van der Waals surface area (Å²) in [5.74, 6) is 0. The molecule has 0 saturated carbocycles. The smallest absolute Gasteiger partial charge is 0.0753 e. The molecule has 1 aromatic rings. The fraction of sp³-hybridized carbons (Fsp3) is 0.400. The van der Waals surface area contributed by atoms with Gasteiger partial charge in [0.15, 0.2) is 0 Å². The Kier molecular flexibility index (Phi) is 2.16. The SMILES string of the molecule is N#CCCc1cnsn1. The van der Waals surface area contributed by atoms with Crippen molar-refractivity contribution in [3.8, 4) is 6.07 Å². The second-order valence-electron chi connectivity index (χ2n) is 1.56. The van der Waals surface area contributed by atoms with Crippen molar-refractivity contribution < 1.29 is 0 Å². The number of aryl methyl sites for hydroxylation is 1. The lowest BCUT2D eigenvalue weighted by Crippen LogP contribution is -1.80. The van der Waals surface area contributed by atoms with Gasteiger partial charge in [-0.3, -0.25) is 0 Å². The summed E-state index contributed by atoms with van der Waals surface area (Å²) >= 11 is 1.18. The molecule has 0 fully saturated rings. The summed E-state index contributed by atoms with van der Waals surface area (Å²) in [6.07, 6.45) is 2.96. The molecular weight excluding hydrogens is 134 g/mol. The Morgan fingerprint density at radius 1 is 1.78 bits per heavy atom. The van der Waals surface area contributed by atoms with Crippen LogP contribution in [0.15, 0.2) is 6.20 Å². The van der Waals surface area contributed by atoms with Gasteiger partial charge in [0.2, 0.25) is 0 Å². The van der Waals surface area contributed by atoms with Crippen LogP contribution >= 0.6 is 11.7 Å². The van der Waals surface area contributed by atoms with Crippen LogP contribution in [-0.4, -0.2) is 8.75 Å². The van der Waals surface area contributed by atoms with Crippen molar-refractivity contribution in [2.45, 2.75) is 12.8 Å². The van der Waals surface area contributed by atoms with E-state index in [1.807, 2.05) is 6.07 Å². The van der Waals surface area contributed by atoms with Crippen molar-refractivity contribution >= 4 is 11.7 Å². The van der Waals surface area contributed by atoms with Gasteiger partial charge < -0.3 is 0 Å². The third-order valence-electron chi connectivity index (χ3n) is 0.900. The molecule has 0 spiro atoms. The van der Waals surface area contributed by atoms with E-state index in [1.165, 1.54) is 11.7 Å². The van der Waals surface area contributed by atoms with E-state index in [2.05, 4.69) is 8.75 Å². The van der Waals surface area contributed by atoms with Crippen molar-refractivity contribution in [2.75, 3.05) is 0 Å². The van der Waals surface area contributed by atoms with Gasteiger partial charge in [-0.15, -0.1) is 0 Å². The standard InChI is InChI=1S/C5H5N3S/c6-3-1-2-5-4-7-9-8-5/h4H,1-2H2. The van der Waals surface area contributed by atoms with Gasteiger partial charge in [-0.1, -0.05) is 0 Å². The Bertz CT molecular complexity index is 198. The number of nitrogens with zero attached hydrogens (tertiary/aromatic N) is 3. The molecule has 0 saturated heterocycles. The first kappa shape index (κ1) is 6.17. The second-order valence-corrected chi connectivity index (χ2v) is 2.11. The van der Waals surface area contributed by atoms with Crippen LogP contribution in [0.3, 0.4) is 0 Å². The predicted octanol–water partition coefficient (Wildman–Crippen LogP) is 0.994. The van der Waals surface area contributed by atoms with Crippen LogP contribution in [0.5, 0.6) is 0 Å². The monoisotopic (exact) mass is 139 g/mol. The van der Waals surface area contributed by atoms with Crippen molar-refractivity contribution in [3.63, 3.8) is 0 Å². The number of hydrogen-bond donors (Lipinski definition) is 0. The van der Waals surface area contributed by atoms with Gasteiger partial charge in [0.05, 0.1) is 29.7 Å². The minimum absolute atomic E-state index is 0.533. The highest BCUT2D eigenvalue weighted by atomic mass is 32.1. The first-order valence-corrected chi connectivity index (χ1v) is 3.30. The summed E-state index contributed by atoms with van der Waals surface area (Å²) in [7, 11) is 0. The van der Waals surface area contributed by atoms with Gasteiger partial charge in [-0.2, -0.15) is 14.0 Å². The average molecular weight is 139 g/mol. The third-order valence-corrected chi connectivity index (χ3v) is 1.42. The van der Waals surface area contributed by atoms with E-state index >= 15 is 0 Å². The van der Waals surface area contributed by atoms with Crippen LogP contribution in [-0.2, 0) is 6.42 Å². The third kappa shape index (κ3) is 1.78. The number of nitriles is 1. The minimum atomic E-state index is 0.533. The maximum atomic E-state index is 8.17. The van der Waals surface area contributed by atoms with Crippen LogP contribution in [0.1, 0.15) is 12.1 Å². The highest BCUT2D eigenvalue weighted by Gasteiger charge is 1.92. The van der Waals surface area contributed by atoms with Crippen molar-refractivity contribution in [1.82, 2.24) is 8.75 Å². The zero-order valence-electron chi connectivity index (χ0n) is 4.74. The molecule has 0 amide bonds. The molecule has 0 aliphatic carbocycles. The molecular formula is C5H5N3S. The van der Waals surface area contributed by atoms with Crippen LogP contribution in [0.4, 0.5) is 0 Å². The van der Waals surface area contributed by atoms with Gasteiger partial charge in [-0.25, -0.2) is 0 Å². The molecule has 0 aliphatic rings. The van der Waals surface area contributed by atoms with E-state index < -0.39 is 0 Å². The molecule has 1 heterocycles. The highest BCUT2D eigenvalue weighted by Crippen LogP contribution is 1.97. The zero-order chi connectivity index (χ0) is 6.53. The summed E-state index contributed by atoms with van der Waals surface area (Å²) in [5, 5.41) is 8.17. The Hall–Kier alpha value is -0.950. The molecule has 46 valence electrons. The second kappa shape index (κ2) is 3.15. The molecule has 0 unspecified atom stereocenters. The Morgan fingerprint density at radius 3 is 3.22 bits per heavy atom. The fourth-order valence-corrected chi connectivity index (χ4v) is 0.937. The van der Waals surface area contributed by atoms with Crippen LogP contribution in [0.2, 0.25) is 0 Å². The molecule has 3 nitrogen and oxygen atoms in total. The van der Waals surface area contributed by atoms with Crippen molar-refractivity contribution in [3.05, 3.63) is 11.9 Å². The van der Waals surface area contributed by atoms with Gasteiger partial charge in [-0.05, 0) is 0 Å². The maximum absolute atomic E-state index is 8.17. The lowest BCUT2D eigenvalue weighted by Gasteiger charge is -1.81. The Morgan fingerprint density at radius 2 is 2.67 bits per heavy atom. The van der Waals surface area contributed by atoms with E-state index in [4.69, 9.17) is 5.26 Å². The van der Waals surface area contributed by atoms with E-state index in [0.29, 0.717) is 6.42 Å². The fourth-order valence-electron chi connectivity index (χ4n) is 0.478. The molecule has 0 aromatic carbocycles. The molecule has 9 heavy (non-hydrogen) atoms. The van der Waals surface area contributed by atoms with Crippen LogP contribution < -0.4 is 0 Å². The van der Waals surface area contributed by atoms with E-state index in [9.17, 15) is 0 Å². The van der Waals surface area contributed by atoms with E-state index in [1.54, 1.807) is 6.20 Å². The Labute approximate surface area is 57.3 Å². The molecule has 0 N–H and O–H groups in total. The van der Waals surface area contributed by atoms with Gasteiger partial charge >= 0.3 is 0 Å². The minimum Gasteiger partial charge on any atom is -0.198 e. The van der Waals surface area contributed by atoms with E-state index in [-0.39, 0.29) is 0 Å². The number of aromatic nitrogens is 2. The molecule has 4 heteroatoms. The molecule has 0 atom stereocenters. The predicted molar refractivity (Wildman–Crippen MR) is 33.8 cm³/mol. The van der Waals surface area contributed by atoms with Crippen LogP contribution in [0.25, 0.3) is 0 Å². The zero-order valence-corrected chi connectivity index (χ0v) is 5.56. The van der Waals surface area contributed by atoms with Gasteiger partial charge in [0.25, 0.3) is 0 Å². The maximum Gasteiger partial charge on any atom is 0.0753 e. The largest absolute Gasteiger partial charge is 0.198 e. The summed E-state index contributed by atoms with van der Waals surface area (Å²) < 4.78 is 7.73. The molecule has 1 aromatic heterocycles. The quantitative estimate of drug-likeness (QED) is 0.614. The number of hydrogen-bond acceptors (Lipinski definition) is 4. The molecule has 0 bridgehead atoms. The van der Waals surface area contributed by atoms with Crippen molar-refractivity contribution in [2.24, 2.45) is 0 Å². The first-order chi connectivity index (χ1) is 4.43. The molecule has 0 aliphatic heterocycles. The molecule has 0 radical (unpaired) electrons. The lowest BCUT2D eigenvalue weighted by atomic mass is 10.3. The highest BCUT2D eigenvalue weighted by molar-refractivity contribution is 6.99. The first-order valence-electron chi connectivity index (χ1n) is 2.57. The van der Waals surface area contributed by atoms with Crippen molar-refractivity contribution in [1.29, 1.82) is 5.26 Å². The van der Waals surface area contributed by atoms with Crippen LogP contribution in [0, 0.1) is 11.3 Å². The topological polar surface area (TPSA) is 49.6 Å².